The summed E-state index contributed by atoms with van der Waals surface area (Å²) in [5.74, 6) is 1.70. The smallest absolute Gasteiger partial charge is 0.147 e. The van der Waals surface area contributed by atoms with Gasteiger partial charge in [0.15, 0.2) is 0 Å². The fraction of sp³-hybridized carbons (Fsp3) is 0.733. The minimum absolute atomic E-state index is 0.648. The normalized spacial score (nSPS) is 16.2. The Labute approximate surface area is 116 Å². The molecule has 0 radical (unpaired) electrons. The molecule has 19 heavy (non-hydrogen) atoms. The molecule has 0 bridgehead atoms. The number of rotatable bonds is 6. The third-order valence-corrected chi connectivity index (χ3v) is 3.65. The van der Waals surface area contributed by atoms with Crippen molar-refractivity contribution in [1.29, 1.82) is 0 Å². The first-order valence-corrected chi connectivity index (χ1v) is 7.43. The number of aromatic nitrogens is 2. The van der Waals surface area contributed by atoms with Crippen molar-refractivity contribution in [3.05, 3.63) is 18.1 Å². The first-order valence-electron chi connectivity index (χ1n) is 7.43. The summed E-state index contributed by atoms with van der Waals surface area (Å²) in [6, 6.07) is 0.654. The number of hydrogen-bond acceptors (Lipinski definition) is 4. The monoisotopic (exact) mass is 262 g/mol. The first-order chi connectivity index (χ1) is 9.20. The van der Waals surface area contributed by atoms with Gasteiger partial charge in [0.1, 0.15) is 5.82 Å². The fourth-order valence-corrected chi connectivity index (χ4v) is 2.84. The van der Waals surface area contributed by atoms with E-state index in [1.54, 1.807) is 0 Å². The van der Waals surface area contributed by atoms with Crippen molar-refractivity contribution in [3.63, 3.8) is 0 Å². The molecule has 1 saturated carbocycles. The van der Waals surface area contributed by atoms with Crippen LogP contribution in [0.2, 0.25) is 0 Å². The molecule has 1 aromatic rings. The van der Waals surface area contributed by atoms with Crippen molar-refractivity contribution < 1.29 is 0 Å². The van der Waals surface area contributed by atoms with Gasteiger partial charge in [-0.3, -0.25) is 4.98 Å². The van der Waals surface area contributed by atoms with Gasteiger partial charge >= 0.3 is 0 Å². The molecule has 0 atom stereocenters. The molecule has 0 aromatic carbocycles. The highest BCUT2D eigenvalue weighted by atomic mass is 15.2. The SMILES string of the molecule is CNCc1cncc(N(CC(C)C)C2CCCC2)n1. The van der Waals surface area contributed by atoms with Crippen molar-refractivity contribution in [1.82, 2.24) is 15.3 Å². The van der Waals surface area contributed by atoms with Gasteiger partial charge in [-0.25, -0.2) is 4.98 Å². The van der Waals surface area contributed by atoms with Gasteiger partial charge in [-0.2, -0.15) is 0 Å². The largest absolute Gasteiger partial charge is 0.352 e. The van der Waals surface area contributed by atoms with Crippen LogP contribution in [-0.2, 0) is 6.54 Å². The van der Waals surface area contributed by atoms with E-state index in [9.17, 15) is 0 Å². The van der Waals surface area contributed by atoms with Crippen molar-refractivity contribution >= 4 is 5.82 Å². The standard InChI is InChI=1S/C15H26N4/c1-12(2)11-19(14-6-4-5-7-14)15-10-17-9-13(18-15)8-16-3/h9-10,12,14,16H,4-8,11H2,1-3H3. The Morgan fingerprint density at radius 2 is 2.05 bits per heavy atom. The van der Waals surface area contributed by atoms with Crippen LogP contribution in [0.1, 0.15) is 45.2 Å². The molecular formula is C15H26N4. The van der Waals surface area contributed by atoms with Crippen LogP contribution in [0.15, 0.2) is 12.4 Å². The number of nitrogens with zero attached hydrogens (tertiary/aromatic N) is 3. The minimum Gasteiger partial charge on any atom is -0.352 e. The second kappa shape index (κ2) is 6.85. The molecule has 0 spiro atoms. The molecule has 1 aromatic heterocycles. The summed E-state index contributed by atoms with van der Waals surface area (Å²) in [6.45, 7) is 6.39. The zero-order chi connectivity index (χ0) is 13.7. The van der Waals surface area contributed by atoms with E-state index in [0.717, 1.165) is 24.6 Å². The van der Waals surface area contributed by atoms with Gasteiger partial charge < -0.3 is 10.2 Å². The molecule has 0 aliphatic heterocycles. The van der Waals surface area contributed by atoms with Crippen LogP contribution in [0.4, 0.5) is 5.82 Å². The Balaban J connectivity index is 2.18. The van der Waals surface area contributed by atoms with Crippen molar-refractivity contribution in [2.45, 2.75) is 52.1 Å². The quantitative estimate of drug-likeness (QED) is 0.855. The van der Waals surface area contributed by atoms with Crippen LogP contribution >= 0.6 is 0 Å². The van der Waals surface area contributed by atoms with Crippen LogP contribution in [-0.4, -0.2) is 29.6 Å². The lowest BCUT2D eigenvalue weighted by atomic mass is 10.1. The first kappa shape index (κ1) is 14.3. The zero-order valence-corrected chi connectivity index (χ0v) is 12.4. The molecular weight excluding hydrogens is 236 g/mol. The van der Waals surface area contributed by atoms with Gasteiger partial charge in [-0.1, -0.05) is 26.7 Å². The van der Waals surface area contributed by atoms with E-state index in [4.69, 9.17) is 4.98 Å². The summed E-state index contributed by atoms with van der Waals surface area (Å²) in [4.78, 5) is 11.6. The predicted octanol–water partition coefficient (Wildman–Crippen LogP) is 2.60. The predicted molar refractivity (Wildman–Crippen MR) is 79.2 cm³/mol. The average molecular weight is 262 g/mol. The molecule has 4 nitrogen and oxygen atoms in total. The van der Waals surface area contributed by atoms with E-state index in [1.807, 2.05) is 19.4 Å². The summed E-state index contributed by atoms with van der Waals surface area (Å²) in [7, 11) is 1.94. The van der Waals surface area contributed by atoms with Gasteiger partial charge in [0.2, 0.25) is 0 Å². The Bertz CT molecular complexity index is 385. The summed E-state index contributed by atoms with van der Waals surface area (Å²) in [6.07, 6.45) is 9.06. The molecule has 1 fully saturated rings. The lowest BCUT2D eigenvalue weighted by Gasteiger charge is -2.31. The van der Waals surface area contributed by atoms with Crippen molar-refractivity contribution in [3.8, 4) is 0 Å². The summed E-state index contributed by atoms with van der Waals surface area (Å²) in [5.41, 5.74) is 1.02. The average Bonchev–Trinajstić information content (AvgIpc) is 2.90. The molecule has 2 rings (SSSR count). The van der Waals surface area contributed by atoms with E-state index in [-0.39, 0.29) is 0 Å². The lowest BCUT2D eigenvalue weighted by Crippen LogP contribution is -2.37. The summed E-state index contributed by atoms with van der Waals surface area (Å²) < 4.78 is 0. The Morgan fingerprint density at radius 1 is 1.32 bits per heavy atom. The van der Waals surface area contributed by atoms with E-state index in [0.29, 0.717) is 12.0 Å². The zero-order valence-electron chi connectivity index (χ0n) is 12.4. The van der Waals surface area contributed by atoms with E-state index in [1.165, 1.54) is 25.7 Å². The maximum atomic E-state index is 4.76. The van der Waals surface area contributed by atoms with Crippen LogP contribution < -0.4 is 10.2 Å². The maximum Gasteiger partial charge on any atom is 0.147 e. The van der Waals surface area contributed by atoms with Crippen LogP contribution in [0, 0.1) is 5.92 Å². The third kappa shape index (κ3) is 3.90. The minimum atomic E-state index is 0.648. The number of hydrogen-bond donors (Lipinski definition) is 1. The Morgan fingerprint density at radius 3 is 2.68 bits per heavy atom. The van der Waals surface area contributed by atoms with E-state index < -0.39 is 0 Å². The maximum absolute atomic E-state index is 4.76. The van der Waals surface area contributed by atoms with Gasteiger partial charge in [0.25, 0.3) is 0 Å². The molecule has 1 N–H and O–H groups in total. The Hall–Kier alpha value is -1.16. The molecule has 4 heteroatoms. The second-order valence-electron chi connectivity index (χ2n) is 5.88. The highest BCUT2D eigenvalue weighted by molar-refractivity contribution is 5.38. The van der Waals surface area contributed by atoms with Crippen molar-refractivity contribution in [2.75, 3.05) is 18.5 Å². The van der Waals surface area contributed by atoms with Crippen molar-refractivity contribution in [2.24, 2.45) is 5.92 Å². The molecule has 0 amide bonds. The summed E-state index contributed by atoms with van der Waals surface area (Å²) >= 11 is 0. The fourth-order valence-electron chi connectivity index (χ4n) is 2.84. The molecule has 1 heterocycles. The number of anilines is 1. The topological polar surface area (TPSA) is 41.1 Å². The van der Waals surface area contributed by atoms with Gasteiger partial charge in [-0.15, -0.1) is 0 Å². The van der Waals surface area contributed by atoms with Crippen LogP contribution in [0.25, 0.3) is 0 Å². The summed E-state index contributed by atoms with van der Waals surface area (Å²) in [5, 5.41) is 3.14. The third-order valence-electron chi connectivity index (χ3n) is 3.65. The number of nitrogens with one attached hydrogen (secondary N) is 1. The molecule has 1 aliphatic rings. The highest BCUT2D eigenvalue weighted by Crippen LogP contribution is 2.27. The van der Waals surface area contributed by atoms with Gasteiger partial charge in [0, 0.05) is 25.3 Å². The van der Waals surface area contributed by atoms with E-state index in [2.05, 4.69) is 29.0 Å². The van der Waals surface area contributed by atoms with E-state index >= 15 is 0 Å². The van der Waals surface area contributed by atoms with Gasteiger partial charge in [0.05, 0.1) is 11.9 Å². The molecule has 1 aliphatic carbocycles. The van der Waals surface area contributed by atoms with Crippen LogP contribution in [0.5, 0.6) is 0 Å². The van der Waals surface area contributed by atoms with Crippen LogP contribution in [0.3, 0.4) is 0 Å². The molecule has 0 unspecified atom stereocenters. The Kier molecular flexibility index (Phi) is 5.14. The highest BCUT2D eigenvalue weighted by Gasteiger charge is 2.24. The molecule has 0 saturated heterocycles. The van der Waals surface area contributed by atoms with Gasteiger partial charge in [-0.05, 0) is 25.8 Å². The lowest BCUT2D eigenvalue weighted by molar-refractivity contribution is 0.529. The second-order valence-corrected chi connectivity index (χ2v) is 5.88. The molecule has 106 valence electrons.